The number of anilines is 2. The van der Waals surface area contributed by atoms with E-state index >= 15 is 0 Å². The lowest BCUT2D eigenvalue weighted by atomic mass is 10.2. The number of carbonyl (C=O) groups is 1. The van der Waals surface area contributed by atoms with Gasteiger partial charge in [0.1, 0.15) is 11.9 Å². The van der Waals surface area contributed by atoms with Crippen LogP contribution in [-0.4, -0.2) is 26.8 Å². The largest absolute Gasteiger partial charge is 0.392 e. The summed E-state index contributed by atoms with van der Waals surface area (Å²) in [5, 5.41) is 19.3. The highest BCUT2D eigenvalue weighted by atomic mass is 16.3. The molecular weight excluding hydrogens is 280 g/mol. The van der Waals surface area contributed by atoms with Crippen LogP contribution >= 0.6 is 0 Å². The van der Waals surface area contributed by atoms with E-state index in [1.807, 2.05) is 38.1 Å². The second-order valence-electron chi connectivity index (χ2n) is 5.47. The van der Waals surface area contributed by atoms with Gasteiger partial charge in [0.2, 0.25) is 5.91 Å². The number of nitrogens with zero attached hydrogens (tertiary/aromatic N) is 2. The molecule has 0 aliphatic carbocycles. The highest BCUT2D eigenvalue weighted by Crippen LogP contribution is 2.15. The van der Waals surface area contributed by atoms with Gasteiger partial charge in [-0.05, 0) is 38.5 Å². The van der Waals surface area contributed by atoms with Crippen molar-refractivity contribution >= 4 is 17.4 Å². The van der Waals surface area contributed by atoms with Crippen molar-refractivity contribution in [3.63, 3.8) is 0 Å². The Hall–Kier alpha value is -2.34. The first-order chi connectivity index (χ1) is 10.5. The number of hydrogen-bond donors (Lipinski definition) is 3. The molecule has 0 aliphatic heterocycles. The normalized spacial score (nSPS) is 12.2. The van der Waals surface area contributed by atoms with Gasteiger partial charge in [-0.2, -0.15) is 5.10 Å². The molecule has 22 heavy (non-hydrogen) atoms. The third-order valence-electron chi connectivity index (χ3n) is 3.30. The third-order valence-corrected chi connectivity index (χ3v) is 3.30. The first kappa shape index (κ1) is 16.0. The van der Waals surface area contributed by atoms with E-state index in [4.69, 9.17) is 5.11 Å². The van der Waals surface area contributed by atoms with Gasteiger partial charge in [0.15, 0.2) is 0 Å². The molecule has 6 nitrogen and oxygen atoms in total. The van der Waals surface area contributed by atoms with Crippen molar-refractivity contribution in [3.05, 3.63) is 42.1 Å². The van der Waals surface area contributed by atoms with Gasteiger partial charge in [-0.15, -0.1) is 0 Å². The van der Waals surface area contributed by atoms with Crippen LogP contribution in [0.1, 0.15) is 32.4 Å². The second kappa shape index (κ2) is 7.09. The minimum Gasteiger partial charge on any atom is -0.392 e. The molecule has 0 spiro atoms. The zero-order chi connectivity index (χ0) is 16.1. The lowest BCUT2D eigenvalue weighted by Crippen LogP contribution is -2.32. The number of hydrogen-bond acceptors (Lipinski definition) is 4. The van der Waals surface area contributed by atoms with Crippen molar-refractivity contribution < 1.29 is 9.90 Å². The van der Waals surface area contributed by atoms with Crippen LogP contribution in [0.25, 0.3) is 0 Å². The molecule has 0 aliphatic rings. The van der Waals surface area contributed by atoms with E-state index < -0.39 is 6.04 Å². The molecule has 1 unspecified atom stereocenters. The number of carbonyl (C=O) groups excluding carboxylic acids is 1. The summed E-state index contributed by atoms with van der Waals surface area (Å²) < 4.78 is 1.76. The quantitative estimate of drug-likeness (QED) is 0.765. The Morgan fingerprint density at radius 1 is 1.32 bits per heavy atom. The molecule has 2 aromatic rings. The summed E-state index contributed by atoms with van der Waals surface area (Å²) in [5.41, 5.74) is 1.60. The van der Waals surface area contributed by atoms with Crippen LogP contribution in [0.5, 0.6) is 0 Å². The molecule has 0 radical (unpaired) electrons. The van der Waals surface area contributed by atoms with Gasteiger partial charge < -0.3 is 15.7 Å². The van der Waals surface area contributed by atoms with E-state index in [9.17, 15) is 4.79 Å². The van der Waals surface area contributed by atoms with Crippen LogP contribution in [0.15, 0.2) is 36.5 Å². The van der Waals surface area contributed by atoms with E-state index in [1.165, 1.54) is 0 Å². The Morgan fingerprint density at radius 3 is 2.77 bits per heavy atom. The molecule has 2 rings (SSSR count). The molecule has 1 atom stereocenters. The number of benzene rings is 1. The summed E-state index contributed by atoms with van der Waals surface area (Å²) in [6.07, 6.45) is 1.67. The molecular formula is C16H22N4O2. The fraction of sp³-hybridized carbons (Fsp3) is 0.375. The van der Waals surface area contributed by atoms with Crippen molar-refractivity contribution in [2.24, 2.45) is 0 Å². The monoisotopic (exact) mass is 302 g/mol. The summed E-state index contributed by atoms with van der Waals surface area (Å²) in [6, 6.07) is 8.89. The molecule has 1 aromatic carbocycles. The Morgan fingerprint density at radius 2 is 2.09 bits per heavy atom. The fourth-order valence-electron chi connectivity index (χ4n) is 2.13. The molecule has 6 heteroatoms. The standard InChI is InChI=1S/C16H22N4O2/c1-11(2)20-15(7-8-17-20)19-16(22)12(3)18-14-6-4-5-13(9-14)10-21/h4-9,11-12,18,21H,10H2,1-3H3,(H,19,22). The maximum Gasteiger partial charge on any atom is 0.247 e. The van der Waals surface area contributed by atoms with Gasteiger partial charge in [0.25, 0.3) is 0 Å². The average molecular weight is 302 g/mol. The first-order valence-corrected chi connectivity index (χ1v) is 7.32. The number of aromatic nitrogens is 2. The summed E-state index contributed by atoms with van der Waals surface area (Å²) in [4.78, 5) is 12.3. The van der Waals surface area contributed by atoms with Crippen molar-refractivity contribution in [3.8, 4) is 0 Å². The maximum atomic E-state index is 12.3. The highest BCUT2D eigenvalue weighted by molar-refractivity contribution is 5.95. The summed E-state index contributed by atoms with van der Waals surface area (Å²) in [6.45, 7) is 5.77. The zero-order valence-corrected chi connectivity index (χ0v) is 13.1. The van der Waals surface area contributed by atoms with Gasteiger partial charge in [0.05, 0.1) is 12.8 Å². The minimum atomic E-state index is -0.413. The van der Waals surface area contributed by atoms with Crippen LogP contribution in [0.4, 0.5) is 11.5 Å². The molecule has 1 aromatic heterocycles. The van der Waals surface area contributed by atoms with Gasteiger partial charge in [0, 0.05) is 17.8 Å². The van der Waals surface area contributed by atoms with E-state index in [0.29, 0.717) is 5.82 Å². The lowest BCUT2D eigenvalue weighted by Gasteiger charge is -2.17. The van der Waals surface area contributed by atoms with Gasteiger partial charge >= 0.3 is 0 Å². The van der Waals surface area contributed by atoms with Crippen LogP contribution in [0, 0.1) is 0 Å². The number of nitrogens with one attached hydrogen (secondary N) is 2. The molecule has 0 saturated carbocycles. The lowest BCUT2D eigenvalue weighted by molar-refractivity contribution is -0.116. The molecule has 0 fully saturated rings. The van der Waals surface area contributed by atoms with Crippen molar-refractivity contribution in [1.82, 2.24) is 9.78 Å². The smallest absolute Gasteiger partial charge is 0.247 e. The Balaban J connectivity index is 2.01. The zero-order valence-electron chi connectivity index (χ0n) is 13.1. The average Bonchev–Trinajstić information content (AvgIpc) is 2.95. The van der Waals surface area contributed by atoms with Crippen molar-refractivity contribution in [2.45, 2.75) is 39.5 Å². The van der Waals surface area contributed by atoms with E-state index in [1.54, 1.807) is 23.9 Å². The minimum absolute atomic E-state index is 0.0241. The third kappa shape index (κ3) is 3.85. The summed E-state index contributed by atoms with van der Waals surface area (Å²) in [5.74, 6) is 0.537. The molecule has 1 amide bonds. The van der Waals surface area contributed by atoms with Gasteiger partial charge in [-0.3, -0.25) is 4.79 Å². The van der Waals surface area contributed by atoms with Crippen LogP contribution < -0.4 is 10.6 Å². The number of amides is 1. The van der Waals surface area contributed by atoms with Crippen LogP contribution in [-0.2, 0) is 11.4 Å². The van der Waals surface area contributed by atoms with E-state index in [-0.39, 0.29) is 18.6 Å². The molecule has 118 valence electrons. The Kier molecular flexibility index (Phi) is 5.16. The van der Waals surface area contributed by atoms with Gasteiger partial charge in [-0.1, -0.05) is 12.1 Å². The first-order valence-electron chi connectivity index (χ1n) is 7.32. The fourth-order valence-corrected chi connectivity index (χ4v) is 2.13. The maximum absolute atomic E-state index is 12.3. The Bertz CT molecular complexity index is 637. The predicted molar refractivity (Wildman–Crippen MR) is 86.7 cm³/mol. The number of rotatable bonds is 6. The Labute approximate surface area is 130 Å². The van der Waals surface area contributed by atoms with E-state index in [0.717, 1.165) is 11.3 Å². The highest BCUT2D eigenvalue weighted by Gasteiger charge is 2.15. The molecule has 3 N–H and O–H groups in total. The van der Waals surface area contributed by atoms with Crippen molar-refractivity contribution in [1.29, 1.82) is 0 Å². The van der Waals surface area contributed by atoms with E-state index in [2.05, 4.69) is 15.7 Å². The van der Waals surface area contributed by atoms with Crippen LogP contribution in [0.3, 0.4) is 0 Å². The summed E-state index contributed by atoms with van der Waals surface area (Å²) >= 11 is 0. The van der Waals surface area contributed by atoms with Crippen molar-refractivity contribution in [2.75, 3.05) is 10.6 Å². The molecule has 0 bridgehead atoms. The molecule has 0 saturated heterocycles. The second-order valence-corrected chi connectivity index (χ2v) is 5.47. The summed E-state index contributed by atoms with van der Waals surface area (Å²) in [7, 11) is 0. The van der Waals surface area contributed by atoms with Crippen LogP contribution in [0.2, 0.25) is 0 Å². The van der Waals surface area contributed by atoms with Gasteiger partial charge in [-0.25, -0.2) is 4.68 Å². The SMILES string of the molecule is CC(Nc1cccc(CO)c1)C(=O)Nc1ccnn1C(C)C. The topological polar surface area (TPSA) is 79.2 Å². The number of aliphatic hydroxyl groups is 1. The number of aliphatic hydroxyl groups excluding tert-OH is 1. The predicted octanol–water partition coefficient (Wildman–Crippen LogP) is 2.40. The molecule has 1 heterocycles.